The first kappa shape index (κ1) is 17.7. The molecule has 0 aliphatic carbocycles. The van der Waals surface area contributed by atoms with Crippen LogP contribution in [0.3, 0.4) is 0 Å². The highest BCUT2D eigenvalue weighted by molar-refractivity contribution is 5.79. The summed E-state index contributed by atoms with van der Waals surface area (Å²) < 4.78 is 0. The van der Waals surface area contributed by atoms with E-state index in [1.165, 1.54) is 11.1 Å². The van der Waals surface area contributed by atoms with Gasteiger partial charge in [0.15, 0.2) is 0 Å². The number of carbonyl (C=O) groups is 1. The Bertz CT molecular complexity index is 425. The molecule has 1 rings (SSSR count). The fourth-order valence-electron chi connectivity index (χ4n) is 2.51. The van der Waals surface area contributed by atoms with E-state index in [9.17, 15) is 4.79 Å². The van der Waals surface area contributed by atoms with E-state index in [-0.39, 0.29) is 17.9 Å². The third kappa shape index (κ3) is 5.50. The first-order valence-corrected chi connectivity index (χ1v) is 8.03. The first-order valence-electron chi connectivity index (χ1n) is 8.03. The van der Waals surface area contributed by atoms with Crippen molar-refractivity contribution in [3.05, 3.63) is 35.4 Å². The Labute approximate surface area is 129 Å². The second-order valence-electron chi connectivity index (χ2n) is 6.18. The van der Waals surface area contributed by atoms with E-state index in [0.717, 1.165) is 12.8 Å². The molecule has 3 nitrogen and oxygen atoms in total. The molecular weight excluding hydrogens is 260 g/mol. The summed E-state index contributed by atoms with van der Waals surface area (Å²) in [7, 11) is 1.87. The molecule has 2 atom stereocenters. The van der Waals surface area contributed by atoms with Crippen LogP contribution in [0.1, 0.15) is 51.3 Å². The molecule has 1 aromatic carbocycles. The predicted molar refractivity (Wildman–Crippen MR) is 89.2 cm³/mol. The van der Waals surface area contributed by atoms with Gasteiger partial charge in [0.25, 0.3) is 0 Å². The van der Waals surface area contributed by atoms with Gasteiger partial charge in [-0.3, -0.25) is 4.79 Å². The number of hydrogen-bond donors (Lipinski definition) is 2. The second-order valence-corrected chi connectivity index (χ2v) is 6.18. The molecule has 2 unspecified atom stereocenters. The van der Waals surface area contributed by atoms with Crippen LogP contribution in [-0.2, 0) is 11.2 Å². The average Bonchev–Trinajstić information content (AvgIpc) is 2.46. The fraction of sp³-hybridized carbons (Fsp3) is 0.611. The van der Waals surface area contributed by atoms with Gasteiger partial charge in [0.05, 0.1) is 6.04 Å². The quantitative estimate of drug-likeness (QED) is 0.771. The van der Waals surface area contributed by atoms with Crippen LogP contribution >= 0.6 is 0 Å². The second kappa shape index (κ2) is 8.83. The number of aryl methyl sites for hydroxylation is 1. The SMILES string of the molecule is CCCc1ccc(C(NC(=O)C(C)CNC)C(C)C)cc1. The Kier molecular flexibility index (Phi) is 7.44. The minimum absolute atomic E-state index is 0.0179. The standard InChI is InChI=1S/C18H30N2O/c1-6-7-15-8-10-16(11-9-15)17(13(2)3)20-18(21)14(4)12-19-5/h8-11,13-14,17,19H,6-7,12H2,1-5H3,(H,20,21). The molecule has 0 fully saturated rings. The molecule has 0 aliphatic rings. The topological polar surface area (TPSA) is 41.1 Å². The van der Waals surface area contributed by atoms with Gasteiger partial charge in [-0.05, 0) is 30.5 Å². The van der Waals surface area contributed by atoms with Crippen LogP contribution in [0.5, 0.6) is 0 Å². The normalized spacial score (nSPS) is 14.0. The van der Waals surface area contributed by atoms with Crippen LogP contribution < -0.4 is 10.6 Å². The number of hydrogen-bond acceptors (Lipinski definition) is 2. The zero-order valence-corrected chi connectivity index (χ0v) is 14.1. The van der Waals surface area contributed by atoms with E-state index in [0.29, 0.717) is 12.5 Å². The molecule has 0 radical (unpaired) electrons. The summed E-state index contributed by atoms with van der Waals surface area (Å²) in [5.74, 6) is 0.462. The summed E-state index contributed by atoms with van der Waals surface area (Å²) in [6, 6.07) is 8.74. The molecule has 21 heavy (non-hydrogen) atoms. The van der Waals surface area contributed by atoms with Gasteiger partial charge in [0.2, 0.25) is 5.91 Å². The predicted octanol–water partition coefficient (Wildman–Crippen LogP) is 3.31. The Hall–Kier alpha value is -1.35. The summed E-state index contributed by atoms with van der Waals surface area (Å²) in [5, 5.41) is 6.24. The van der Waals surface area contributed by atoms with Gasteiger partial charge in [-0.25, -0.2) is 0 Å². The van der Waals surface area contributed by atoms with Crippen molar-refractivity contribution >= 4 is 5.91 Å². The maximum absolute atomic E-state index is 12.2. The third-order valence-electron chi connectivity index (χ3n) is 3.80. The lowest BCUT2D eigenvalue weighted by atomic mass is 9.94. The lowest BCUT2D eigenvalue weighted by molar-refractivity contribution is -0.125. The Balaban J connectivity index is 2.79. The van der Waals surface area contributed by atoms with Gasteiger partial charge < -0.3 is 10.6 Å². The van der Waals surface area contributed by atoms with Gasteiger partial charge in [-0.2, -0.15) is 0 Å². The molecule has 0 bridgehead atoms. The fourth-order valence-corrected chi connectivity index (χ4v) is 2.51. The zero-order valence-electron chi connectivity index (χ0n) is 14.1. The largest absolute Gasteiger partial charge is 0.349 e. The van der Waals surface area contributed by atoms with Crippen molar-refractivity contribution in [2.45, 2.75) is 46.6 Å². The van der Waals surface area contributed by atoms with E-state index in [2.05, 4.69) is 55.7 Å². The van der Waals surface area contributed by atoms with Crippen LogP contribution in [-0.4, -0.2) is 19.5 Å². The smallest absolute Gasteiger partial charge is 0.224 e. The van der Waals surface area contributed by atoms with Gasteiger partial charge in [-0.1, -0.05) is 58.4 Å². The van der Waals surface area contributed by atoms with Crippen LogP contribution in [0.2, 0.25) is 0 Å². The molecule has 0 spiro atoms. The summed E-state index contributed by atoms with van der Waals surface area (Å²) >= 11 is 0. The van der Waals surface area contributed by atoms with E-state index in [1.54, 1.807) is 0 Å². The van der Waals surface area contributed by atoms with Gasteiger partial charge in [-0.15, -0.1) is 0 Å². The summed E-state index contributed by atoms with van der Waals surface area (Å²) in [4.78, 5) is 12.2. The highest BCUT2D eigenvalue weighted by Crippen LogP contribution is 2.23. The maximum Gasteiger partial charge on any atom is 0.224 e. The molecule has 3 heteroatoms. The molecule has 0 saturated carbocycles. The molecule has 2 N–H and O–H groups in total. The molecule has 118 valence electrons. The van der Waals surface area contributed by atoms with Gasteiger partial charge >= 0.3 is 0 Å². The third-order valence-corrected chi connectivity index (χ3v) is 3.80. The van der Waals surface area contributed by atoms with E-state index in [1.807, 2.05) is 14.0 Å². The number of benzene rings is 1. The number of nitrogens with one attached hydrogen (secondary N) is 2. The molecule has 0 aliphatic heterocycles. The first-order chi connectivity index (χ1) is 9.99. The Morgan fingerprint density at radius 3 is 2.24 bits per heavy atom. The van der Waals surface area contributed by atoms with Crippen LogP contribution in [0.15, 0.2) is 24.3 Å². The van der Waals surface area contributed by atoms with Crippen molar-refractivity contribution in [3.63, 3.8) is 0 Å². The Morgan fingerprint density at radius 2 is 1.76 bits per heavy atom. The van der Waals surface area contributed by atoms with E-state index in [4.69, 9.17) is 0 Å². The molecular formula is C18H30N2O. The van der Waals surface area contributed by atoms with Crippen LogP contribution in [0, 0.1) is 11.8 Å². The number of rotatable bonds is 8. The molecule has 0 heterocycles. The Morgan fingerprint density at radius 1 is 1.14 bits per heavy atom. The molecule has 0 saturated heterocycles. The van der Waals surface area contributed by atoms with Crippen LogP contribution in [0.25, 0.3) is 0 Å². The summed E-state index contributed by atoms with van der Waals surface area (Å²) in [5.41, 5.74) is 2.55. The molecule has 1 amide bonds. The van der Waals surface area contributed by atoms with Crippen molar-refractivity contribution in [3.8, 4) is 0 Å². The molecule has 1 aromatic rings. The highest BCUT2D eigenvalue weighted by Gasteiger charge is 2.21. The van der Waals surface area contributed by atoms with Crippen molar-refractivity contribution in [1.82, 2.24) is 10.6 Å². The van der Waals surface area contributed by atoms with Crippen molar-refractivity contribution in [1.29, 1.82) is 0 Å². The maximum atomic E-state index is 12.2. The minimum Gasteiger partial charge on any atom is -0.349 e. The minimum atomic E-state index is -0.0179. The van der Waals surface area contributed by atoms with Crippen molar-refractivity contribution < 1.29 is 4.79 Å². The summed E-state index contributed by atoms with van der Waals surface area (Å²) in [6.07, 6.45) is 2.27. The zero-order chi connectivity index (χ0) is 15.8. The van der Waals surface area contributed by atoms with Gasteiger partial charge in [0, 0.05) is 12.5 Å². The van der Waals surface area contributed by atoms with Gasteiger partial charge in [0.1, 0.15) is 0 Å². The number of amides is 1. The number of carbonyl (C=O) groups excluding carboxylic acids is 1. The van der Waals surface area contributed by atoms with Crippen molar-refractivity contribution in [2.75, 3.05) is 13.6 Å². The highest BCUT2D eigenvalue weighted by atomic mass is 16.1. The van der Waals surface area contributed by atoms with Crippen LogP contribution in [0.4, 0.5) is 0 Å². The van der Waals surface area contributed by atoms with Crippen molar-refractivity contribution in [2.24, 2.45) is 11.8 Å². The monoisotopic (exact) mass is 290 g/mol. The van der Waals surface area contributed by atoms with E-state index >= 15 is 0 Å². The lowest BCUT2D eigenvalue weighted by Gasteiger charge is -2.25. The lowest BCUT2D eigenvalue weighted by Crippen LogP contribution is -2.38. The average molecular weight is 290 g/mol. The molecule has 0 aromatic heterocycles. The van der Waals surface area contributed by atoms with E-state index < -0.39 is 0 Å². The summed E-state index contributed by atoms with van der Waals surface area (Å²) in [6.45, 7) is 9.13.